The fourth-order valence-corrected chi connectivity index (χ4v) is 1.97. The third kappa shape index (κ3) is 2.98. The molecule has 0 bridgehead atoms. The van der Waals surface area contributed by atoms with Crippen LogP contribution in [0.5, 0.6) is 17.2 Å². The van der Waals surface area contributed by atoms with Crippen LogP contribution in [0.25, 0.3) is 0 Å². The maximum Gasteiger partial charge on any atom is 0.169 e. The first-order valence-electron chi connectivity index (χ1n) is 5.68. The summed E-state index contributed by atoms with van der Waals surface area (Å²) in [6.45, 7) is 0. The van der Waals surface area contributed by atoms with Gasteiger partial charge in [0.05, 0.1) is 24.3 Å². The number of methoxy groups -OCH3 is 1. The number of benzene rings is 2. The van der Waals surface area contributed by atoms with Crippen LogP contribution in [-0.2, 0) is 0 Å². The number of hydrogen-bond acceptors (Lipinski definition) is 4. The number of hydrogen-bond donors (Lipinski definition) is 0. The van der Waals surface area contributed by atoms with Gasteiger partial charge in [-0.2, -0.15) is 5.26 Å². The Labute approximate surface area is 124 Å². The first kappa shape index (κ1) is 14.1. The highest BCUT2D eigenvalue weighted by Gasteiger charge is 2.10. The molecule has 0 amide bonds. The van der Waals surface area contributed by atoms with E-state index in [2.05, 4.69) is 15.9 Å². The molecule has 100 valence electrons. The summed E-state index contributed by atoms with van der Waals surface area (Å²) >= 11 is 3.33. The van der Waals surface area contributed by atoms with E-state index in [-0.39, 0.29) is 0 Å². The monoisotopic (exact) mass is 331 g/mol. The molecule has 2 rings (SSSR count). The van der Waals surface area contributed by atoms with Gasteiger partial charge in [-0.1, -0.05) is 15.9 Å². The first-order chi connectivity index (χ1) is 9.67. The second kappa shape index (κ2) is 6.22. The molecule has 0 atom stereocenters. The molecule has 0 saturated carbocycles. The van der Waals surface area contributed by atoms with Crippen LogP contribution in [0.15, 0.2) is 40.9 Å². The van der Waals surface area contributed by atoms with Crippen LogP contribution in [0.4, 0.5) is 0 Å². The molecule has 0 aliphatic carbocycles. The van der Waals surface area contributed by atoms with Gasteiger partial charge in [0, 0.05) is 10.5 Å². The molecule has 0 saturated heterocycles. The lowest BCUT2D eigenvalue weighted by atomic mass is 10.2. The lowest BCUT2D eigenvalue weighted by molar-refractivity contribution is 0.112. The van der Waals surface area contributed by atoms with Crippen LogP contribution >= 0.6 is 15.9 Å². The molecule has 20 heavy (non-hydrogen) atoms. The van der Waals surface area contributed by atoms with E-state index in [4.69, 9.17) is 14.7 Å². The number of nitriles is 1. The molecular weight excluding hydrogens is 322 g/mol. The Morgan fingerprint density at radius 1 is 1.15 bits per heavy atom. The van der Waals surface area contributed by atoms with Crippen molar-refractivity contribution in [1.29, 1.82) is 5.26 Å². The standard InChI is InChI=1S/C15H10BrNO3/c1-19-15-6-10(8-17)2-5-13(15)20-14-7-12(16)4-3-11(14)9-18/h2-7,9H,1H3. The van der Waals surface area contributed by atoms with E-state index in [1.54, 1.807) is 36.4 Å². The van der Waals surface area contributed by atoms with Crippen molar-refractivity contribution in [3.05, 3.63) is 52.0 Å². The zero-order valence-corrected chi connectivity index (χ0v) is 12.2. The van der Waals surface area contributed by atoms with E-state index in [9.17, 15) is 4.79 Å². The Kier molecular flexibility index (Phi) is 4.38. The van der Waals surface area contributed by atoms with Crippen LogP contribution in [0, 0.1) is 11.3 Å². The van der Waals surface area contributed by atoms with Crippen molar-refractivity contribution in [3.8, 4) is 23.3 Å². The molecule has 0 radical (unpaired) electrons. The highest BCUT2D eigenvalue weighted by Crippen LogP contribution is 2.34. The number of carbonyl (C=O) groups is 1. The summed E-state index contributed by atoms with van der Waals surface area (Å²) in [4.78, 5) is 11.0. The molecule has 0 aliphatic rings. The summed E-state index contributed by atoms with van der Waals surface area (Å²) in [6, 6.07) is 12.0. The van der Waals surface area contributed by atoms with E-state index < -0.39 is 0 Å². The molecule has 0 N–H and O–H groups in total. The summed E-state index contributed by atoms with van der Waals surface area (Å²) in [6.07, 6.45) is 0.720. The average molecular weight is 332 g/mol. The van der Waals surface area contributed by atoms with E-state index in [1.807, 2.05) is 6.07 Å². The maximum atomic E-state index is 11.0. The molecule has 0 aromatic heterocycles. The number of aldehydes is 1. The van der Waals surface area contributed by atoms with Crippen molar-refractivity contribution < 1.29 is 14.3 Å². The molecular formula is C15H10BrNO3. The minimum absolute atomic E-state index is 0.414. The first-order valence-corrected chi connectivity index (χ1v) is 6.48. The highest BCUT2D eigenvalue weighted by molar-refractivity contribution is 9.10. The average Bonchev–Trinajstić information content (AvgIpc) is 2.48. The Hall–Kier alpha value is -2.32. The predicted octanol–water partition coefficient (Wildman–Crippen LogP) is 3.93. The smallest absolute Gasteiger partial charge is 0.169 e. The molecule has 0 aliphatic heterocycles. The molecule has 0 heterocycles. The number of nitrogens with zero attached hydrogens (tertiary/aromatic N) is 1. The SMILES string of the molecule is COc1cc(C#N)ccc1Oc1cc(Br)ccc1C=O. The number of carbonyl (C=O) groups excluding carboxylic acids is 1. The van der Waals surface area contributed by atoms with Crippen molar-refractivity contribution in [2.75, 3.05) is 7.11 Å². The van der Waals surface area contributed by atoms with Gasteiger partial charge in [0.15, 0.2) is 17.8 Å². The third-order valence-corrected chi connectivity index (χ3v) is 3.11. The van der Waals surface area contributed by atoms with Gasteiger partial charge in [-0.15, -0.1) is 0 Å². The van der Waals surface area contributed by atoms with Crippen LogP contribution < -0.4 is 9.47 Å². The zero-order chi connectivity index (χ0) is 14.5. The third-order valence-electron chi connectivity index (χ3n) is 2.62. The Morgan fingerprint density at radius 2 is 1.95 bits per heavy atom. The summed E-state index contributed by atoms with van der Waals surface area (Å²) in [5, 5.41) is 8.86. The van der Waals surface area contributed by atoms with E-state index in [1.165, 1.54) is 7.11 Å². The second-order valence-electron chi connectivity index (χ2n) is 3.88. The summed E-state index contributed by atoms with van der Waals surface area (Å²) in [5.41, 5.74) is 0.902. The predicted molar refractivity (Wildman–Crippen MR) is 77.3 cm³/mol. The molecule has 4 nitrogen and oxygen atoms in total. The van der Waals surface area contributed by atoms with Gasteiger partial charge in [-0.25, -0.2) is 0 Å². The van der Waals surface area contributed by atoms with Gasteiger partial charge in [-0.05, 0) is 30.3 Å². The van der Waals surface area contributed by atoms with Crippen LogP contribution in [0.1, 0.15) is 15.9 Å². The van der Waals surface area contributed by atoms with E-state index >= 15 is 0 Å². The van der Waals surface area contributed by atoms with Crippen LogP contribution in [0.2, 0.25) is 0 Å². The largest absolute Gasteiger partial charge is 0.493 e. The van der Waals surface area contributed by atoms with Crippen molar-refractivity contribution >= 4 is 22.2 Å². The minimum Gasteiger partial charge on any atom is -0.493 e. The van der Waals surface area contributed by atoms with Gasteiger partial charge in [0.2, 0.25) is 0 Å². The highest BCUT2D eigenvalue weighted by atomic mass is 79.9. The van der Waals surface area contributed by atoms with Crippen molar-refractivity contribution in [1.82, 2.24) is 0 Å². The lowest BCUT2D eigenvalue weighted by Crippen LogP contribution is -1.94. The maximum absolute atomic E-state index is 11.0. The molecule has 0 unspecified atom stereocenters. The summed E-state index contributed by atoms with van der Waals surface area (Å²) < 4.78 is 11.7. The second-order valence-corrected chi connectivity index (χ2v) is 4.80. The number of rotatable bonds is 4. The Bertz CT molecular complexity index is 692. The fourth-order valence-electron chi connectivity index (χ4n) is 1.63. The van der Waals surface area contributed by atoms with Crippen molar-refractivity contribution in [2.45, 2.75) is 0 Å². The van der Waals surface area contributed by atoms with Crippen LogP contribution in [0.3, 0.4) is 0 Å². The Morgan fingerprint density at radius 3 is 2.60 bits per heavy atom. The van der Waals surface area contributed by atoms with Gasteiger partial charge >= 0.3 is 0 Å². The lowest BCUT2D eigenvalue weighted by Gasteiger charge is -2.12. The summed E-state index contributed by atoms with van der Waals surface area (Å²) in [7, 11) is 1.49. The fraction of sp³-hybridized carbons (Fsp3) is 0.0667. The molecule has 5 heteroatoms. The topological polar surface area (TPSA) is 59.3 Å². The van der Waals surface area contributed by atoms with Gasteiger partial charge < -0.3 is 9.47 Å². The Balaban J connectivity index is 2.42. The van der Waals surface area contributed by atoms with Gasteiger partial charge in [0.1, 0.15) is 5.75 Å². The molecule has 2 aromatic carbocycles. The van der Waals surface area contributed by atoms with E-state index in [0.29, 0.717) is 28.4 Å². The van der Waals surface area contributed by atoms with Gasteiger partial charge in [-0.3, -0.25) is 4.79 Å². The molecule has 0 spiro atoms. The minimum atomic E-state index is 0.414. The molecule has 2 aromatic rings. The normalized spacial score (nSPS) is 9.65. The quantitative estimate of drug-likeness (QED) is 0.796. The zero-order valence-electron chi connectivity index (χ0n) is 10.6. The number of halogens is 1. The molecule has 0 fully saturated rings. The van der Waals surface area contributed by atoms with E-state index in [0.717, 1.165) is 10.8 Å². The van der Waals surface area contributed by atoms with Crippen molar-refractivity contribution in [2.24, 2.45) is 0 Å². The summed E-state index contributed by atoms with van der Waals surface area (Å²) in [5.74, 6) is 1.28. The van der Waals surface area contributed by atoms with Crippen LogP contribution in [-0.4, -0.2) is 13.4 Å². The number of ether oxygens (including phenoxy) is 2. The van der Waals surface area contributed by atoms with Crippen molar-refractivity contribution in [3.63, 3.8) is 0 Å². The van der Waals surface area contributed by atoms with Gasteiger partial charge in [0.25, 0.3) is 0 Å².